The zero-order chi connectivity index (χ0) is 35.6. The van der Waals surface area contributed by atoms with Crippen LogP contribution in [0, 0.1) is 5.82 Å². The number of nitrogens with zero attached hydrogens (tertiary/aromatic N) is 5. The fourth-order valence-electron chi connectivity index (χ4n) is 4.74. The molecule has 260 valence electrons. The first-order valence-electron chi connectivity index (χ1n) is 14.6. The van der Waals surface area contributed by atoms with E-state index in [1.165, 1.54) is 7.05 Å². The number of anilines is 2. The van der Waals surface area contributed by atoms with Crippen LogP contribution in [-0.2, 0) is 34.5 Å². The number of carboxylic acids is 1. The zero-order valence-corrected chi connectivity index (χ0v) is 29.0. The fourth-order valence-corrected chi connectivity index (χ4v) is 6.03. The Morgan fingerprint density at radius 3 is 2.42 bits per heavy atom. The number of carboxylic acid groups (broad SMARTS) is 1. The molecule has 0 amide bonds. The van der Waals surface area contributed by atoms with E-state index in [9.17, 15) is 35.9 Å². The van der Waals surface area contributed by atoms with Crippen molar-refractivity contribution < 1.29 is 45.4 Å². The Morgan fingerprint density at radius 1 is 1.12 bits per heavy atom. The van der Waals surface area contributed by atoms with E-state index in [0.29, 0.717) is 17.9 Å². The van der Waals surface area contributed by atoms with Crippen LogP contribution in [0.4, 0.5) is 29.1 Å². The van der Waals surface area contributed by atoms with Crippen LogP contribution in [0.3, 0.4) is 0 Å². The van der Waals surface area contributed by atoms with E-state index in [4.69, 9.17) is 9.47 Å². The molecule has 4 aromatic rings. The SMILES string of the molecule is COc1cc(CC(F)(F)F)c(-c2nc(NCc3ccccc3N(C)S(C)(=O)=O)c3c(C(=O)O)nn(COCC[Si](C)(C)C)c3n2)cc1F. The molecule has 48 heavy (non-hydrogen) atoms. The van der Waals surface area contributed by atoms with E-state index >= 15 is 0 Å². The maximum absolute atomic E-state index is 15.0. The van der Waals surface area contributed by atoms with Gasteiger partial charge in [-0.25, -0.2) is 32.3 Å². The third-order valence-electron chi connectivity index (χ3n) is 7.29. The molecule has 2 N–H and O–H groups in total. The molecule has 12 nitrogen and oxygen atoms in total. The van der Waals surface area contributed by atoms with Crippen LogP contribution in [0.15, 0.2) is 36.4 Å². The lowest BCUT2D eigenvalue weighted by Gasteiger charge is -2.21. The average molecular weight is 713 g/mol. The number of fused-ring (bicyclic) bond motifs is 1. The summed E-state index contributed by atoms with van der Waals surface area (Å²) in [5, 5.41) is 17.2. The zero-order valence-electron chi connectivity index (χ0n) is 27.1. The first-order valence-corrected chi connectivity index (χ1v) is 20.1. The molecule has 0 aliphatic carbocycles. The average Bonchev–Trinajstić information content (AvgIpc) is 3.36. The van der Waals surface area contributed by atoms with Gasteiger partial charge in [-0.05, 0) is 35.4 Å². The quantitative estimate of drug-likeness (QED) is 0.0939. The van der Waals surface area contributed by atoms with Gasteiger partial charge in [0.2, 0.25) is 10.0 Å². The van der Waals surface area contributed by atoms with Gasteiger partial charge in [-0.3, -0.25) is 4.31 Å². The van der Waals surface area contributed by atoms with Crippen LogP contribution in [0.2, 0.25) is 25.7 Å². The molecule has 0 atom stereocenters. The van der Waals surface area contributed by atoms with Crippen LogP contribution in [-0.4, -0.2) is 80.5 Å². The van der Waals surface area contributed by atoms with Crippen molar-refractivity contribution in [1.29, 1.82) is 0 Å². The van der Waals surface area contributed by atoms with Crippen LogP contribution < -0.4 is 14.4 Å². The molecule has 0 fully saturated rings. The maximum atomic E-state index is 15.0. The lowest BCUT2D eigenvalue weighted by Crippen LogP contribution is -2.26. The number of para-hydroxylation sites is 1. The van der Waals surface area contributed by atoms with Crippen molar-refractivity contribution in [2.24, 2.45) is 0 Å². The van der Waals surface area contributed by atoms with Gasteiger partial charge in [0.15, 0.2) is 28.7 Å². The number of alkyl halides is 3. The van der Waals surface area contributed by atoms with Crippen molar-refractivity contribution in [3.8, 4) is 17.1 Å². The highest BCUT2D eigenvalue weighted by molar-refractivity contribution is 7.92. The van der Waals surface area contributed by atoms with E-state index < -0.39 is 53.9 Å². The minimum atomic E-state index is -4.69. The second-order valence-electron chi connectivity index (χ2n) is 12.2. The molecule has 4 rings (SSSR count). The molecular formula is C30H36F4N6O6SSi. The summed E-state index contributed by atoms with van der Waals surface area (Å²) in [5.74, 6) is -3.33. The Bertz CT molecular complexity index is 1930. The molecule has 0 spiro atoms. The summed E-state index contributed by atoms with van der Waals surface area (Å²) in [7, 11) is -2.67. The van der Waals surface area contributed by atoms with Crippen LogP contribution >= 0.6 is 0 Å². The lowest BCUT2D eigenvalue weighted by molar-refractivity contribution is -0.127. The molecule has 2 aromatic heterocycles. The van der Waals surface area contributed by atoms with E-state index in [-0.39, 0.29) is 47.1 Å². The Kier molecular flexibility index (Phi) is 10.7. The third kappa shape index (κ3) is 8.78. The Morgan fingerprint density at radius 2 is 1.81 bits per heavy atom. The summed E-state index contributed by atoms with van der Waals surface area (Å²) >= 11 is 0. The number of aromatic nitrogens is 4. The summed E-state index contributed by atoms with van der Waals surface area (Å²) in [6.07, 6.45) is -5.13. The van der Waals surface area contributed by atoms with Gasteiger partial charge in [-0.15, -0.1) is 0 Å². The molecule has 2 aromatic carbocycles. The van der Waals surface area contributed by atoms with Gasteiger partial charge >= 0.3 is 12.1 Å². The van der Waals surface area contributed by atoms with Crippen molar-refractivity contribution >= 4 is 46.6 Å². The third-order valence-corrected chi connectivity index (χ3v) is 10.2. The van der Waals surface area contributed by atoms with Gasteiger partial charge in [-0.1, -0.05) is 37.8 Å². The van der Waals surface area contributed by atoms with Gasteiger partial charge in [0, 0.05) is 33.8 Å². The van der Waals surface area contributed by atoms with E-state index in [1.54, 1.807) is 24.3 Å². The summed E-state index contributed by atoms with van der Waals surface area (Å²) < 4.78 is 93.6. The van der Waals surface area contributed by atoms with Gasteiger partial charge in [-0.2, -0.15) is 18.3 Å². The first-order chi connectivity index (χ1) is 22.3. The molecule has 0 aliphatic heterocycles. The number of rotatable bonds is 14. The smallest absolute Gasteiger partial charge is 0.393 e. The minimum absolute atomic E-state index is 0.0830. The lowest BCUT2D eigenvalue weighted by atomic mass is 10.0. The molecule has 0 saturated carbocycles. The highest BCUT2D eigenvalue weighted by Gasteiger charge is 2.32. The predicted octanol–water partition coefficient (Wildman–Crippen LogP) is 5.76. The highest BCUT2D eigenvalue weighted by Crippen LogP contribution is 2.36. The van der Waals surface area contributed by atoms with Crippen molar-refractivity contribution in [1.82, 2.24) is 19.7 Å². The number of sulfonamides is 1. The van der Waals surface area contributed by atoms with E-state index in [0.717, 1.165) is 40.5 Å². The number of benzene rings is 2. The largest absolute Gasteiger partial charge is 0.494 e. The Hall–Kier alpha value is -4.29. The summed E-state index contributed by atoms with van der Waals surface area (Å²) in [5.41, 5.74) is -0.479. The van der Waals surface area contributed by atoms with Crippen LogP contribution in [0.25, 0.3) is 22.4 Å². The monoisotopic (exact) mass is 712 g/mol. The number of carbonyl (C=O) groups is 1. The van der Waals surface area contributed by atoms with Crippen molar-refractivity contribution in [3.05, 3.63) is 59.0 Å². The first kappa shape index (κ1) is 36.5. The maximum Gasteiger partial charge on any atom is 0.393 e. The van der Waals surface area contributed by atoms with Crippen LogP contribution in [0.1, 0.15) is 21.6 Å². The second kappa shape index (κ2) is 14.1. The van der Waals surface area contributed by atoms with Crippen LogP contribution in [0.5, 0.6) is 5.75 Å². The van der Waals surface area contributed by atoms with E-state index in [1.807, 2.05) is 0 Å². The molecule has 0 unspecified atom stereocenters. The summed E-state index contributed by atoms with van der Waals surface area (Å²) in [6, 6.07) is 9.03. The van der Waals surface area contributed by atoms with Crippen molar-refractivity contribution in [2.75, 3.05) is 36.6 Å². The molecular weight excluding hydrogens is 677 g/mol. The number of ether oxygens (including phenoxy) is 2. The number of methoxy groups -OCH3 is 1. The second-order valence-corrected chi connectivity index (χ2v) is 19.9. The normalized spacial score (nSPS) is 12.4. The minimum Gasteiger partial charge on any atom is -0.494 e. The molecule has 0 bridgehead atoms. The summed E-state index contributed by atoms with van der Waals surface area (Å²) in [4.78, 5) is 21.2. The van der Waals surface area contributed by atoms with Gasteiger partial charge in [0.05, 0.1) is 30.9 Å². The number of nitrogens with one attached hydrogen (secondary N) is 1. The van der Waals surface area contributed by atoms with Gasteiger partial charge in [0.1, 0.15) is 12.5 Å². The predicted molar refractivity (Wildman–Crippen MR) is 175 cm³/mol. The molecule has 18 heteroatoms. The molecule has 0 aliphatic rings. The fraction of sp³-hybridized carbons (Fsp3) is 0.400. The molecule has 0 saturated heterocycles. The Labute approximate surface area is 275 Å². The van der Waals surface area contributed by atoms with Gasteiger partial charge in [0.25, 0.3) is 0 Å². The standard InChI is InChI=1S/C30H36F4N6O6SSi/c1-39(47(3,43)44)22-10-8-7-9-18(22)16-35-27-24-25(29(41)42)38-40(17-46-11-12-48(4,5)6)28(24)37-26(36-27)20-14-21(31)23(45-2)13-19(20)15-30(32,33)34/h7-10,13-14H,11-12,15-17H2,1-6H3,(H,41,42)(H,35,36,37). The van der Waals surface area contributed by atoms with E-state index in [2.05, 4.69) is 40.0 Å². The Balaban J connectivity index is 1.93. The van der Waals surface area contributed by atoms with Gasteiger partial charge < -0.3 is 19.9 Å². The molecule has 0 radical (unpaired) electrons. The molecule has 2 heterocycles. The topological polar surface area (TPSA) is 149 Å². The number of hydrogen-bond acceptors (Lipinski definition) is 9. The van der Waals surface area contributed by atoms with Crippen molar-refractivity contribution in [3.63, 3.8) is 0 Å². The highest BCUT2D eigenvalue weighted by atomic mass is 32.2. The van der Waals surface area contributed by atoms with Crippen molar-refractivity contribution in [2.45, 2.75) is 51.6 Å². The number of aromatic carboxylic acids is 1. The summed E-state index contributed by atoms with van der Waals surface area (Å²) in [6.45, 7) is 6.45. The number of halogens is 4. The number of hydrogen-bond donors (Lipinski definition) is 2.